The van der Waals surface area contributed by atoms with Crippen molar-refractivity contribution < 1.29 is 0 Å². The average molecular weight is 190 g/mol. The molecule has 0 N–H and O–H groups in total. The van der Waals surface area contributed by atoms with Crippen LogP contribution in [-0.4, -0.2) is 22.5 Å². The lowest BCUT2D eigenvalue weighted by atomic mass is 10.1. The summed E-state index contributed by atoms with van der Waals surface area (Å²) < 4.78 is 0. The van der Waals surface area contributed by atoms with Crippen LogP contribution in [0, 0.1) is 0 Å². The summed E-state index contributed by atoms with van der Waals surface area (Å²) in [5.74, 6) is 0. The Morgan fingerprint density at radius 3 is 2.93 bits per heavy atom. The minimum absolute atomic E-state index is 0.552. The topological polar surface area (TPSA) is 16.1 Å². The molecule has 0 spiro atoms. The van der Waals surface area contributed by atoms with Gasteiger partial charge < -0.3 is 0 Å². The first kappa shape index (κ1) is 9.66. The Morgan fingerprint density at radius 2 is 2.29 bits per heavy atom. The van der Waals surface area contributed by atoms with Crippen molar-refractivity contribution in [2.45, 2.75) is 38.8 Å². The third kappa shape index (κ3) is 1.80. The molecule has 0 amide bonds. The summed E-state index contributed by atoms with van der Waals surface area (Å²) >= 11 is 0. The lowest BCUT2D eigenvalue weighted by Gasteiger charge is -2.27. The number of hydrogen-bond donors (Lipinski definition) is 0. The van der Waals surface area contributed by atoms with E-state index in [1.165, 1.54) is 25.1 Å². The van der Waals surface area contributed by atoms with Crippen LogP contribution in [0.25, 0.3) is 0 Å². The third-order valence-electron chi connectivity index (χ3n) is 2.99. The van der Waals surface area contributed by atoms with Crippen molar-refractivity contribution in [2.75, 3.05) is 6.54 Å². The van der Waals surface area contributed by atoms with Crippen molar-refractivity contribution in [3.05, 3.63) is 30.1 Å². The zero-order chi connectivity index (χ0) is 9.97. The second kappa shape index (κ2) is 4.09. The number of pyridine rings is 1. The Bertz CT molecular complexity index is 282. The lowest BCUT2D eigenvalue weighted by Crippen LogP contribution is -2.30. The van der Waals surface area contributed by atoms with E-state index in [-0.39, 0.29) is 0 Å². The molecule has 0 radical (unpaired) electrons. The molecule has 2 heteroatoms. The maximum absolute atomic E-state index is 4.45. The van der Waals surface area contributed by atoms with Gasteiger partial charge in [0.2, 0.25) is 0 Å². The van der Waals surface area contributed by atoms with Crippen LogP contribution in [0.3, 0.4) is 0 Å². The molecule has 76 valence electrons. The molecule has 1 aliphatic rings. The van der Waals surface area contributed by atoms with E-state index in [0.717, 1.165) is 0 Å². The maximum atomic E-state index is 4.45. The van der Waals surface area contributed by atoms with E-state index >= 15 is 0 Å². The molecule has 0 bridgehead atoms. The average Bonchev–Trinajstić information content (AvgIpc) is 2.67. The highest BCUT2D eigenvalue weighted by atomic mass is 15.2. The van der Waals surface area contributed by atoms with Crippen molar-refractivity contribution in [2.24, 2.45) is 0 Å². The molecule has 1 aromatic rings. The first-order chi connectivity index (χ1) is 6.79. The zero-order valence-electron chi connectivity index (χ0n) is 8.98. The quantitative estimate of drug-likeness (QED) is 0.712. The minimum atomic E-state index is 0.552. The molecule has 14 heavy (non-hydrogen) atoms. The van der Waals surface area contributed by atoms with Gasteiger partial charge in [0, 0.05) is 12.2 Å². The lowest BCUT2D eigenvalue weighted by molar-refractivity contribution is 0.202. The fourth-order valence-corrected chi connectivity index (χ4v) is 2.30. The Morgan fingerprint density at radius 1 is 1.43 bits per heavy atom. The Kier molecular flexibility index (Phi) is 2.82. The first-order valence-corrected chi connectivity index (χ1v) is 5.45. The molecule has 2 rings (SSSR count). The van der Waals surface area contributed by atoms with Crippen molar-refractivity contribution in [3.8, 4) is 0 Å². The number of aromatic nitrogens is 1. The molecular weight excluding hydrogens is 172 g/mol. The van der Waals surface area contributed by atoms with Gasteiger partial charge in [-0.25, -0.2) is 0 Å². The molecule has 1 saturated heterocycles. The standard InChI is InChI=1S/C12H18N2/c1-10(2)14-9-5-7-12(14)11-6-3-4-8-13-11/h3-4,6,8,10,12H,5,7,9H2,1-2H3/t12-/m1/s1. The molecule has 0 saturated carbocycles. The van der Waals surface area contributed by atoms with Gasteiger partial charge in [0.25, 0.3) is 0 Å². The van der Waals surface area contributed by atoms with Crippen LogP contribution in [0.15, 0.2) is 24.4 Å². The Labute approximate surface area is 86.0 Å². The van der Waals surface area contributed by atoms with Gasteiger partial charge >= 0.3 is 0 Å². The number of hydrogen-bond acceptors (Lipinski definition) is 2. The fraction of sp³-hybridized carbons (Fsp3) is 0.583. The van der Waals surface area contributed by atoms with Gasteiger partial charge in [-0.1, -0.05) is 6.07 Å². The Hall–Kier alpha value is -0.890. The molecule has 1 fully saturated rings. The monoisotopic (exact) mass is 190 g/mol. The number of likely N-dealkylation sites (tertiary alicyclic amines) is 1. The van der Waals surface area contributed by atoms with E-state index in [1.54, 1.807) is 0 Å². The summed E-state index contributed by atoms with van der Waals surface area (Å²) in [6, 6.07) is 7.39. The van der Waals surface area contributed by atoms with Gasteiger partial charge in [-0.15, -0.1) is 0 Å². The van der Waals surface area contributed by atoms with Crippen molar-refractivity contribution >= 4 is 0 Å². The minimum Gasteiger partial charge on any atom is -0.292 e. The predicted molar refractivity (Wildman–Crippen MR) is 58.1 cm³/mol. The molecule has 0 aliphatic carbocycles. The van der Waals surface area contributed by atoms with Gasteiger partial charge in [-0.3, -0.25) is 9.88 Å². The second-order valence-electron chi connectivity index (χ2n) is 4.24. The molecular formula is C12H18N2. The van der Waals surface area contributed by atoms with E-state index in [9.17, 15) is 0 Å². The van der Waals surface area contributed by atoms with Crippen LogP contribution >= 0.6 is 0 Å². The second-order valence-corrected chi connectivity index (χ2v) is 4.24. The van der Waals surface area contributed by atoms with E-state index in [0.29, 0.717) is 12.1 Å². The SMILES string of the molecule is CC(C)N1CCC[C@@H]1c1ccccn1. The van der Waals surface area contributed by atoms with Gasteiger partial charge in [-0.2, -0.15) is 0 Å². The highest BCUT2D eigenvalue weighted by Gasteiger charge is 2.28. The highest BCUT2D eigenvalue weighted by molar-refractivity contribution is 5.10. The molecule has 1 aromatic heterocycles. The molecule has 1 atom stereocenters. The normalized spacial score (nSPS) is 23.2. The van der Waals surface area contributed by atoms with E-state index in [4.69, 9.17) is 0 Å². The summed E-state index contributed by atoms with van der Waals surface area (Å²) in [5, 5.41) is 0. The summed E-state index contributed by atoms with van der Waals surface area (Å²) in [6.07, 6.45) is 4.46. The molecule has 0 aromatic carbocycles. The van der Waals surface area contributed by atoms with Crippen LogP contribution in [-0.2, 0) is 0 Å². The molecule has 1 aliphatic heterocycles. The van der Waals surface area contributed by atoms with Crippen molar-refractivity contribution in [1.29, 1.82) is 0 Å². The van der Waals surface area contributed by atoms with E-state index in [2.05, 4.69) is 35.9 Å². The molecule has 2 heterocycles. The van der Waals surface area contributed by atoms with Crippen LogP contribution < -0.4 is 0 Å². The number of nitrogens with zero attached hydrogens (tertiary/aromatic N) is 2. The summed E-state index contributed by atoms with van der Waals surface area (Å²) in [4.78, 5) is 7.00. The van der Waals surface area contributed by atoms with Gasteiger partial charge in [0.1, 0.15) is 0 Å². The number of rotatable bonds is 2. The largest absolute Gasteiger partial charge is 0.292 e. The van der Waals surface area contributed by atoms with E-state index < -0.39 is 0 Å². The van der Waals surface area contributed by atoms with Crippen molar-refractivity contribution in [1.82, 2.24) is 9.88 Å². The van der Waals surface area contributed by atoms with Crippen LogP contribution in [0.5, 0.6) is 0 Å². The Balaban J connectivity index is 2.18. The summed E-state index contributed by atoms with van der Waals surface area (Å²) in [5.41, 5.74) is 1.23. The van der Waals surface area contributed by atoms with Crippen LogP contribution in [0.2, 0.25) is 0 Å². The summed E-state index contributed by atoms with van der Waals surface area (Å²) in [7, 11) is 0. The van der Waals surface area contributed by atoms with Gasteiger partial charge in [-0.05, 0) is 45.4 Å². The molecule has 2 nitrogen and oxygen atoms in total. The van der Waals surface area contributed by atoms with Crippen LogP contribution in [0.1, 0.15) is 38.4 Å². The maximum Gasteiger partial charge on any atom is 0.0575 e. The summed E-state index contributed by atoms with van der Waals surface area (Å²) in [6.45, 7) is 5.75. The van der Waals surface area contributed by atoms with Crippen LogP contribution in [0.4, 0.5) is 0 Å². The van der Waals surface area contributed by atoms with Gasteiger partial charge in [0.05, 0.1) is 11.7 Å². The highest BCUT2D eigenvalue weighted by Crippen LogP contribution is 2.31. The molecule has 0 unspecified atom stereocenters. The predicted octanol–water partition coefficient (Wildman–Crippen LogP) is 2.63. The zero-order valence-corrected chi connectivity index (χ0v) is 8.98. The van der Waals surface area contributed by atoms with Gasteiger partial charge in [0.15, 0.2) is 0 Å². The fourth-order valence-electron chi connectivity index (χ4n) is 2.30. The van der Waals surface area contributed by atoms with Crippen molar-refractivity contribution in [3.63, 3.8) is 0 Å². The third-order valence-corrected chi connectivity index (χ3v) is 2.99. The first-order valence-electron chi connectivity index (χ1n) is 5.45. The van der Waals surface area contributed by atoms with E-state index in [1.807, 2.05) is 12.3 Å². The smallest absolute Gasteiger partial charge is 0.0575 e.